The molecule has 2 heterocycles. The van der Waals surface area contributed by atoms with Gasteiger partial charge in [-0.15, -0.1) is 0 Å². The van der Waals surface area contributed by atoms with Crippen LogP contribution in [0.25, 0.3) is 0 Å². The van der Waals surface area contributed by atoms with Crippen molar-refractivity contribution in [2.24, 2.45) is 16.5 Å². The van der Waals surface area contributed by atoms with Gasteiger partial charge in [-0.1, -0.05) is 60.7 Å². The van der Waals surface area contributed by atoms with Crippen molar-refractivity contribution in [2.45, 2.75) is 37.3 Å². The van der Waals surface area contributed by atoms with Gasteiger partial charge in [0.2, 0.25) is 5.91 Å². The molecule has 0 bridgehead atoms. The van der Waals surface area contributed by atoms with E-state index in [1.165, 1.54) is 0 Å². The van der Waals surface area contributed by atoms with E-state index in [0.29, 0.717) is 32.4 Å². The molecule has 8 nitrogen and oxygen atoms in total. The average molecular weight is 485 g/mol. The molecule has 3 aromatic rings. The molecule has 1 atom stereocenters. The number of aromatic nitrogens is 1. The maximum atomic E-state index is 13.7. The van der Waals surface area contributed by atoms with E-state index in [0.717, 1.165) is 23.1 Å². The molecule has 0 fully saturated rings. The Kier molecular flexibility index (Phi) is 8.07. The number of aliphatic imine (C=N–C) groups is 1. The minimum Gasteiger partial charge on any atom is -0.369 e. The first kappa shape index (κ1) is 25.1. The Morgan fingerprint density at radius 2 is 1.56 bits per heavy atom. The maximum absolute atomic E-state index is 13.7. The summed E-state index contributed by atoms with van der Waals surface area (Å²) in [5.41, 5.74) is 13.8. The molecule has 186 valence electrons. The molecule has 4 rings (SSSR count). The molecular weight excluding hydrogens is 452 g/mol. The van der Waals surface area contributed by atoms with Gasteiger partial charge in [0.15, 0.2) is 11.5 Å². The Hall–Kier alpha value is -4.04. The Morgan fingerprint density at radius 1 is 0.944 bits per heavy atom. The van der Waals surface area contributed by atoms with E-state index < -0.39 is 11.6 Å². The van der Waals surface area contributed by atoms with Crippen LogP contribution in [-0.2, 0) is 21.5 Å². The molecular formula is C28H32N6O2. The van der Waals surface area contributed by atoms with Gasteiger partial charge in [-0.25, -0.2) is 4.99 Å². The van der Waals surface area contributed by atoms with Crippen LogP contribution >= 0.6 is 0 Å². The summed E-state index contributed by atoms with van der Waals surface area (Å²) < 4.78 is 0. The Balaban J connectivity index is 1.30. The number of pyridine rings is 1. The van der Waals surface area contributed by atoms with Crippen LogP contribution < -0.4 is 16.8 Å². The zero-order valence-corrected chi connectivity index (χ0v) is 20.2. The summed E-state index contributed by atoms with van der Waals surface area (Å²) in [5.74, 6) is -0.135. The van der Waals surface area contributed by atoms with Crippen LogP contribution in [0.5, 0.6) is 0 Å². The van der Waals surface area contributed by atoms with Crippen LogP contribution in [0.3, 0.4) is 0 Å². The van der Waals surface area contributed by atoms with Crippen LogP contribution in [0, 0.1) is 0 Å². The van der Waals surface area contributed by atoms with E-state index >= 15 is 0 Å². The van der Waals surface area contributed by atoms with Crippen molar-refractivity contribution in [3.63, 3.8) is 0 Å². The predicted molar refractivity (Wildman–Crippen MR) is 140 cm³/mol. The van der Waals surface area contributed by atoms with Crippen LogP contribution in [0.4, 0.5) is 0 Å². The third-order valence-corrected chi connectivity index (χ3v) is 6.43. The first-order chi connectivity index (χ1) is 17.5. The van der Waals surface area contributed by atoms with E-state index in [2.05, 4.69) is 10.3 Å². The second-order valence-corrected chi connectivity index (χ2v) is 8.87. The number of hydrogen-bond acceptors (Lipinski definition) is 6. The van der Waals surface area contributed by atoms with Crippen molar-refractivity contribution >= 4 is 17.8 Å². The van der Waals surface area contributed by atoms with Crippen LogP contribution in [0.2, 0.25) is 0 Å². The highest BCUT2D eigenvalue weighted by atomic mass is 16.2. The van der Waals surface area contributed by atoms with E-state index in [9.17, 15) is 9.59 Å². The number of aryl methyl sites for hydroxylation is 1. The average Bonchev–Trinajstić information content (AvgIpc) is 3.18. The normalized spacial score (nSPS) is 15.4. The van der Waals surface area contributed by atoms with E-state index in [-0.39, 0.29) is 17.8 Å². The number of nitrogens with one attached hydrogen (secondary N) is 1. The minimum absolute atomic E-state index is 0.167. The zero-order chi connectivity index (χ0) is 25.4. The predicted octanol–water partition coefficient (Wildman–Crippen LogP) is 2.34. The third kappa shape index (κ3) is 5.44. The number of nitrogens with zero attached hydrogens (tertiary/aromatic N) is 3. The number of carbonyl (C=O) groups excluding carboxylic acids is 2. The Bertz CT molecular complexity index is 1140. The fourth-order valence-electron chi connectivity index (χ4n) is 4.44. The van der Waals surface area contributed by atoms with Crippen LogP contribution in [0.1, 0.15) is 36.0 Å². The van der Waals surface area contributed by atoms with Crippen molar-refractivity contribution in [1.29, 1.82) is 0 Å². The summed E-state index contributed by atoms with van der Waals surface area (Å²) in [4.78, 5) is 36.3. The molecule has 0 radical (unpaired) electrons. The second kappa shape index (κ2) is 11.6. The maximum Gasteiger partial charge on any atom is 0.266 e. The van der Waals surface area contributed by atoms with Crippen LogP contribution in [0.15, 0.2) is 90.2 Å². The molecule has 0 saturated carbocycles. The lowest BCUT2D eigenvalue weighted by Gasteiger charge is -2.27. The molecule has 5 N–H and O–H groups in total. The van der Waals surface area contributed by atoms with Gasteiger partial charge in [0.05, 0.1) is 6.04 Å². The summed E-state index contributed by atoms with van der Waals surface area (Å²) in [5, 5.41) is 2.89. The van der Waals surface area contributed by atoms with Gasteiger partial charge in [0.1, 0.15) is 0 Å². The molecule has 0 saturated heterocycles. The van der Waals surface area contributed by atoms with Gasteiger partial charge in [-0.2, -0.15) is 0 Å². The lowest BCUT2D eigenvalue weighted by atomic mass is 9.83. The number of hydrogen-bond donors (Lipinski definition) is 3. The summed E-state index contributed by atoms with van der Waals surface area (Å²) >= 11 is 0. The molecule has 8 heteroatoms. The smallest absolute Gasteiger partial charge is 0.266 e. The molecule has 36 heavy (non-hydrogen) atoms. The molecule has 0 unspecified atom stereocenters. The highest BCUT2D eigenvalue weighted by Crippen LogP contribution is 2.39. The number of unbranched alkanes of at least 4 members (excludes halogenated alkanes) is 1. The van der Waals surface area contributed by atoms with Crippen molar-refractivity contribution in [1.82, 2.24) is 15.2 Å². The fourth-order valence-corrected chi connectivity index (χ4v) is 4.44. The molecule has 1 aliphatic heterocycles. The topological polar surface area (TPSA) is 127 Å². The zero-order valence-electron chi connectivity index (χ0n) is 20.2. The van der Waals surface area contributed by atoms with Gasteiger partial charge in [0, 0.05) is 25.5 Å². The first-order valence-corrected chi connectivity index (χ1v) is 12.2. The SMILES string of the molecule is NC1=NC(c2ccccc2)(c2ccccc2)C(=O)N1CCCCNC(=O)[C@@H](N)CCc1ccncc1. The van der Waals surface area contributed by atoms with Crippen molar-refractivity contribution in [3.8, 4) is 0 Å². The van der Waals surface area contributed by atoms with Gasteiger partial charge < -0.3 is 16.8 Å². The largest absolute Gasteiger partial charge is 0.369 e. The van der Waals surface area contributed by atoms with Crippen molar-refractivity contribution in [2.75, 3.05) is 13.1 Å². The molecule has 1 aliphatic rings. The summed E-state index contributed by atoms with van der Waals surface area (Å²) in [7, 11) is 0. The number of carbonyl (C=O) groups is 2. The number of rotatable bonds is 11. The standard InChI is InChI=1S/C28H32N6O2/c29-24(14-13-21-15-18-31-19-16-21)25(35)32-17-7-8-20-34-26(36)28(33-27(34)30,22-9-3-1-4-10-22)23-11-5-2-6-12-23/h1-6,9-12,15-16,18-19,24H,7-8,13-14,17,20,29H2,(H2,30,33)(H,32,35)/t24-/m0/s1. The van der Waals surface area contributed by atoms with E-state index in [1.807, 2.05) is 72.8 Å². The lowest BCUT2D eigenvalue weighted by molar-refractivity contribution is -0.130. The van der Waals surface area contributed by atoms with E-state index in [4.69, 9.17) is 16.5 Å². The molecule has 2 amide bonds. The molecule has 0 spiro atoms. The number of nitrogens with two attached hydrogens (primary N) is 2. The lowest BCUT2D eigenvalue weighted by Crippen LogP contribution is -2.44. The quantitative estimate of drug-likeness (QED) is 0.360. The monoisotopic (exact) mass is 484 g/mol. The molecule has 0 aliphatic carbocycles. The highest BCUT2D eigenvalue weighted by molar-refractivity contribution is 6.09. The number of guanidine groups is 1. The molecule has 2 aromatic carbocycles. The minimum atomic E-state index is -1.19. The van der Waals surface area contributed by atoms with E-state index in [1.54, 1.807) is 17.3 Å². The van der Waals surface area contributed by atoms with Crippen molar-refractivity contribution < 1.29 is 9.59 Å². The Morgan fingerprint density at radius 3 is 2.17 bits per heavy atom. The first-order valence-electron chi connectivity index (χ1n) is 12.2. The Labute approximate surface area is 211 Å². The van der Waals surface area contributed by atoms with Crippen LogP contribution in [-0.4, -0.2) is 46.8 Å². The summed E-state index contributed by atoms with van der Waals surface area (Å²) in [6, 6.07) is 22.3. The fraction of sp³-hybridized carbons (Fsp3) is 0.286. The van der Waals surface area contributed by atoms with Gasteiger partial charge in [-0.05, 0) is 54.5 Å². The van der Waals surface area contributed by atoms with Gasteiger partial charge in [0.25, 0.3) is 5.91 Å². The van der Waals surface area contributed by atoms with Gasteiger partial charge in [-0.3, -0.25) is 19.5 Å². The third-order valence-electron chi connectivity index (χ3n) is 6.43. The second-order valence-electron chi connectivity index (χ2n) is 8.87. The summed E-state index contributed by atoms with van der Waals surface area (Å²) in [6.45, 7) is 0.892. The highest BCUT2D eigenvalue weighted by Gasteiger charge is 2.50. The van der Waals surface area contributed by atoms with Crippen molar-refractivity contribution in [3.05, 3.63) is 102 Å². The van der Waals surface area contributed by atoms with Gasteiger partial charge >= 0.3 is 0 Å². The number of amides is 2. The summed E-state index contributed by atoms with van der Waals surface area (Å²) in [6.07, 6.45) is 6.09. The molecule has 1 aromatic heterocycles. The number of benzene rings is 2.